The molecule has 0 aliphatic rings. The Balaban J connectivity index is 2.53. The monoisotopic (exact) mass is 260 g/mol. The van der Waals surface area contributed by atoms with Gasteiger partial charge in [0.15, 0.2) is 0 Å². The molecule has 0 saturated carbocycles. The van der Waals surface area contributed by atoms with E-state index >= 15 is 0 Å². The molecule has 1 unspecified atom stereocenters. The number of aliphatic carboxylic acids is 1. The molecule has 5 nitrogen and oxygen atoms in total. The minimum absolute atomic E-state index is 0.0325. The Labute approximate surface area is 112 Å². The van der Waals surface area contributed by atoms with E-state index in [1.807, 2.05) is 6.07 Å². The zero-order valence-electron chi connectivity index (χ0n) is 10.6. The van der Waals surface area contributed by atoms with E-state index in [9.17, 15) is 9.59 Å². The number of nitrogens with one attached hydrogen (secondary N) is 2. The minimum atomic E-state index is -0.972. The molecule has 5 heteroatoms. The molecule has 1 rings (SSSR count). The molecule has 0 aliphatic carbocycles. The second-order valence-corrected chi connectivity index (χ2v) is 3.79. The summed E-state index contributed by atoms with van der Waals surface area (Å²) in [5.74, 6) is 3.60. The largest absolute Gasteiger partial charge is 0.481 e. The number of rotatable bonds is 5. The maximum atomic E-state index is 11.4. The molecule has 0 heterocycles. The third kappa shape index (κ3) is 5.13. The molecule has 0 radical (unpaired) electrons. The number of carboxylic acid groups (broad SMARTS) is 1. The lowest BCUT2D eigenvalue weighted by Gasteiger charge is -2.13. The van der Waals surface area contributed by atoms with Crippen LogP contribution in [0.2, 0.25) is 0 Å². The molecule has 0 fully saturated rings. The first kappa shape index (κ1) is 14.6. The molecule has 0 saturated heterocycles. The predicted octanol–water partition coefficient (Wildman–Crippen LogP) is 1.18. The van der Waals surface area contributed by atoms with Crippen molar-refractivity contribution in [2.75, 3.05) is 13.1 Å². The van der Waals surface area contributed by atoms with Crippen molar-refractivity contribution < 1.29 is 14.7 Å². The summed E-state index contributed by atoms with van der Waals surface area (Å²) in [6, 6.07) is 8.36. The maximum Gasteiger partial charge on any atom is 0.315 e. The number of benzene rings is 1. The number of urea groups is 1. The molecule has 0 spiro atoms. The van der Waals surface area contributed by atoms with Gasteiger partial charge in [0.2, 0.25) is 0 Å². The summed E-state index contributed by atoms with van der Waals surface area (Å²) in [4.78, 5) is 22.6. The van der Waals surface area contributed by atoms with Gasteiger partial charge in [-0.1, -0.05) is 36.3 Å². The molecule has 0 aliphatic heterocycles. The van der Waals surface area contributed by atoms with E-state index in [-0.39, 0.29) is 13.1 Å². The highest BCUT2D eigenvalue weighted by Crippen LogP contribution is 2.14. The smallest absolute Gasteiger partial charge is 0.315 e. The van der Waals surface area contributed by atoms with Crippen molar-refractivity contribution >= 4 is 12.0 Å². The van der Waals surface area contributed by atoms with Gasteiger partial charge >= 0.3 is 12.0 Å². The van der Waals surface area contributed by atoms with Crippen molar-refractivity contribution in [1.82, 2.24) is 10.6 Å². The van der Waals surface area contributed by atoms with Crippen LogP contribution in [0.15, 0.2) is 30.3 Å². The normalized spacial score (nSPS) is 10.8. The SMILES string of the molecule is CC#CCNC(=O)NCC(C(=O)O)c1ccccc1. The Kier molecular flexibility index (Phi) is 5.96. The van der Waals surface area contributed by atoms with Crippen LogP contribution in [0.1, 0.15) is 18.4 Å². The van der Waals surface area contributed by atoms with E-state index in [1.165, 1.54) is 0 Å². The van der Waals surface area contributed by atoms with Gasteiger partial charge in [0.1, 0.15) is 0 Å². The molecule has 1 aromatic carbocycles. The fourth-order valence-corrected chi connectivity index (χ4v) is 1.50. The molecule has 19 heavy (non-hydrogen) atoms. The van der Waals surface area contributed by atoms with Crippen molar-refractivity contribution in [2.45, 2.75) is 12.8 Å². The van der Waals surface area contributed by atoms with Crippen molar-refractivity contribution in [2.24, 2.45) is 0 Å². The first-order valence-electron chi connectivity index (χ1n) is 5.84. The Morgan fingerprint density at radius 1 is 1.26 bits per heavy atom. The van der Waals surface area contributed by atoms with Crippen molar-refractivity contribution in [1.29, 1.82) is 0 Å². The quantitative estimate of drug-likeness (QED) is 0.695. The molecule has 1 aromatic rings. The molecular weight excluding hydrogens is 244 g/mol. The fourth-order valence-electron chi connectivity index (χ4n) is 1.50. The summed E-state index contributed by atoms with van der Waals surface area (Å²) in [5, 5.41) is 14.2. The number of amides is 2. The second kappa shape index (κ2) is 7.77. The highest BCUT2D eigenvalue weighted by atomic mass is 16.4. The maximum absolute atomic E-state index is 11.4. The summed E-state index contributed by atoms with van der Waals surface area (Å²) in [7, 11) is 0. The first-order valence-corrected chi connectivity index (χ1v) is 5.84. The van der Waals surface area contributed by atoms with E-state index < -0.39 is 17.9 Å². The van der Waals surface area contributed by atoms with Gasteiger partial charge in [0.25, 0.3) is 0 Å². The van der Waals surface area contributed by atoms with Crippen LogP contribution in [0.3, 0.4) is 0 Å². The van der Waals surface area contributed by atoms with Crippen LogP contribution in [-0.2, 0) is 4.79 Å². The van der Waals surface area contributed by atoms with Gasteiger partial charge in [-0.3, -0.25) is 4.79 Å². The number of hydrogen-bond acceptors (Lipinski definition) is 2. The molecule has 3 N–H and O–H groups in total. The summed E-state index contributed by atoms with van der Waals surface area (Å²) in [5.41, 5.74) is 0.656. The Bertz CT molecular complexity index is 488. The zero-order valence-corrected chi connectivity index (χ0v) is 10.6. The van der Waals surface area contributed by atoms with Gasteiger partial charge in [-0.25, -0.2) is 4.79 Å². The Morgan fingerprint density at radius 3 is 2.53 bits per heavy atom. The van der Waals surface area contributed by atoms with Crippen LogP contribution in [-0.4, -0.2) is 30.2 Å². The highest BCUT2D eigenvalue weighted by Gasteiger charge is 2.19. The van der Waals surface area contributed by atoms with E-state index in [2.05, 4.69) is 22.5 Å². The van der Waals surface area contributed by atoms with Crippen LogP contribution in [0.25, 0.3) is 0 Å². The number of carbonyl (C=O) groups is 2. The van der Waals surface area contributed by atoms with Crippen LogP contribution in [0.4, 0.5) is 4.79 Å². The van der Waals surface area contributed by atoms with Crippen molar-refractivity contribution in [3.63, 3.8) is 0 Å². The predicted molar refractivity (Wildman–Crippen MR) is 71.7 cm³/mol. The summed E-state index contributed by atoms with van der Waals surface area (Å²) >= 11 is 0. The number of carboxylic acids is 1. The molecular formula is C14H16N2O3. The summed E-state index contributed by atoms with van der Waals surface area (Å²) in [6.45, 7) is 1.95. The molecule has 2 amide bonds. The number of hydrogen-bond donors (Lipinski definition) is 3. The van der Waals surface area contributed by atoms with Gasteiger partial charge in [-0.05, 0) is 12.5 Å². The first-order chi connectivity index (χ1) is 9.15. The number of carbonyl (C=O) groups excluding carboxylic acids is 1. The van der Waals surface area contributed by atoms with Crippen molar-refractivity contribution in [3.05, 3.63) is 35.9 Å². The van der Waals surface area contributed by atoms with Gasteiger partial charge in [0, 0.05) is 6.54 Å². The van der Waals surface area contributed by atoms with Crippen LogP contribution < -0.4 is 10.6 Å². The lowest BCUT2D eigenvalue weighted by molar-refractivity contribution is -0.138. The topological polar surface area (TPSA) is 78.4 Å². The van der Waals surface area contributed by atoms with Gasteiger partial charge < -0.3 is 15.7 Å². The minimum Gasteiger partial charge on any atom is -0.481 e. The van der Waals surface area contributed by atoms with Gasteiger partial charge in [-0.15, -0.1) is 5.92 Å². The average molecular weight is 260 g/mol. The van der Waals surface area contributed by atoms with Crippen LogP contribution in [0.5, 0.6) is 0 Å². The van der Waals surface area contributed by atoms with E-state index in [0.717, 1.165) is 0 Å². The Morgan fingerprint density at radius 2 is 1.95 bits per heavy atom. The molecule has 1 atom stereocenters. The summed E-state index contributed by atoms with van der Waals surface area (Å²) < 4.78 is 0. The average Bonchev–Trinajstić information content (AvgIpc) is 2.40. The van der Waals surface area contributed by atoms with Crippen molar-refractivity contribution in [3.8, 4) is 11.8 Å². The zero-order chi connectivity index (χ0) is 14.1. The lowest BCUT2D eigenvalue weighted by atomic mass is 9.99. The van der Waals surface area contributed by atoms with E-state index in [1.54, 1.807) is 31.2 Å². The van der Waals surface area contributed by atoms with Crippen LogP contribution in [0, 0.1) is 11.8 Å². The van der Waals surface area contributed by atoms with Gasteiger partial charge in [0.05, 0.1) is 12.5 Å². The molecule has 0 bridgehead atoms. The van der Waals surface area contributed by atoms with E-state index in [4.69, 9.17) is 5.11 Å². The lowest BCUT2D eigenvalue weighted by Crippen LogP contribution is -2.39. The Hall–Kier alpha value is -2.48. The van der Waals surface area contributed by atoms with Crippen LogP contribution >= 0.6 is 0 Å². The third-order valence-electron chi connectivity index (χ3n) is 2.48. The summed E-state index contributed by atoms with van der Waals surface area (Å²) in [6.07, 6.45) is 0. The molecule has 100 valence electrons. The van der Waals surface area contributed by atoms with Gasteiger partial charge in [-0.2, -0.15) is 0 Å². The fraction of sp³-hybridized carbons (Fsp3) is 0.286. The third-order valence-corrected chi connectivity index (χ3v) is 2.48. The highest BCUT2D eigenvalue weighted by molar-refractivity contribution is 5.79. The standard InChI is InChI=1S/C14H16N2O3/c1-2-3-9-15-14(19)16-10-12(13(17)18)11-7-5-4-6-8-11/h4-8,12H,9-10H2,1H3,(H,17,18)(H2,15,16,19). The second-order valence-electron chi connectivity index (χ2n) is 3.79. The van der Waals surface area contributed by atoms with E-state index in [0.29, 0.717) is 5.56 Å². The molecule has 0 aromatic heterocycles.